The van der Waals surface area contributed by atoms with Crippen molar-refractivity contribution in [1.82, 2.24) is 10.6 Å². The Morgan fingerprint density at radius 1 is 0.700 bits per heavy atom. The molecule has 0 aliphatic heterocycles. The first kappa shape index (κ1) is 30.7. The van der Waals surface area contributed by atoms with Gasteiger partial charge in [-0.15, -0.1) is 0 Å². The van der Waals surface area contributed by atoms with Gasteiger partial charge in [-0.3, -0.25) is 9.59 Å². The van der Waals surface area contributed by atoms with E-state index in [0.717, 1.165) is 12.8 Å². The van der Waals surface area contributed by atoms with E-state index in [2.05, 4.69) is 31.4 Å². The number of rotatable bonds is 11. The van der Waals surface area contributed by atoms with Crippen molar-refractivity contribution in [1.29, 1.82) is 0 Å². The van der Waals surface area contributed by atoms with Crippen LogP contribution in [-0.2, 0) is 0 Å². The smallest absolute Gasteiger partial charge is 0.251 e. The molecule has 220 valence electrons. The molecule has 1 fully saturated rings. The van der Waals surface area contributed by atoms with Crippen LogP contribution in [0.25, 0.3) is 0 Å². The third kappa shape index (κ3) is 6.84. The van der Waals surface area contributed by atoms with Gasteiger partial charge in [0.25, 0.3) is 11.8 Å². The van der Waals surface area contributed by atoms with E-state index in [0.29, 0.717) is 58.6 Å². The number of carbonyl (C=O) groups is 2. The Labute approximate surface area is 236 Å². The fourth-order valence-corrected chi connectivity index (χ4v) is 5.96. The minimum absolute atomic E-state index is 0.0580. The summed E-state index contributed by atoms with van der Waals surface area (Å²) in [5, 5.41) is 6.28. The van der Waals surface area contributed by atoms with E-state index in [1.807, 2.05) is 0 Å². The summed E-state index contributed by atoms with van der Waals surface area (Å²) in [7, 11) is 9.09. The predicted octanol–water partition coefficient (Wildman–Crippen LogP) is 4.48. The first-order valence-electron chi connectivity index (χ1n) is 13.1. The Balaban J connectivity index is 1.76. The molecule has 10 nitrogen and oxygen atoms in total. The Bertz CT molecular complexity index is 1180. The van der Waals surface area contributed by atoms with E-state index in [1.54, 1.807) is 24.3 Å². The third-order valence-corrected chi connectivity index (χ3v) is 7.31. The van der Waals surface area contributed by atoms with Gasteiger partial charge in [0.05, 0.1) is 42.7 Å². The summed E-state index contributed by atoms with van der Waals surface area (Å²) in [4.78, 5) is 26.5. The molecule has 2 atom stereocenters. The van der Waals surface area contributed by atoms with E-state index >= 15 is 0 Å². The molecule has 2 unspecified atom stereocenters. The average Bonchev–Trinajstić information content (AvgIpc) is 2.92. The van der Waals surface area contributed by atoms with E-state index in [-0.39, 0.29) is 28.7 Å². The molecule has 40 heavy (non-hydrogen) atoms. The van der Waals surface area contributed by atoms with Crippen LogP contribution >= 0.6 is 0 Å². The van der Waals surface area contributed by atoms with Crippen molar-refractivity contribution in [3.8, 4) is 34.5 Å². The second-order valence-electron chi connectivity index (χ2n) is 11.2. The quantitative estimate of drug-likeness (QED) is 0.415. The molecule has 0 saturated heterocycles. The maximum atomic E-state index is 13.3. The largest absolute Gasteiger partial charge is 0.493 e. The van der Waals surface area contributed by atoms with E-state index in [9.17, 15) is 9.59 Å². The maximum Gasteiger partial charge on any atom is 0.251 e. The second-order valence-corrected chi connectivity index (χ2v) is 11.2. The molecular weight excluding hydrogens is 516 g/mol. The molecule has 2 amide bonds. The number of hydrogen-bond acceptors (Lipinski definition) is 8. The topological polar surface area (TPSA) is 114 Å². The van der Waals surface area contributed by atoms with Crippen molar-refractivity contribution in [2.75, 3.05) is 49.2 Å². The fourth-order valence-electron chi connectivity index (χ4n) is 5.96. The van der Waals surface area contributed by atoms with Gasteiger partial charge in [0.15, 0.2) is 23.0 Å². The molecule has 3 rings (SSSR count). The summed E-state index contributed by atoms with van der Waals surface area (Å²) >= 11 is 0. The first-order valence-corrected chi connectivity index (χ1v) is 13.1. The van der Waals surface area contributed by atoms with Gasteiger partial charge >= 0.3 is 0 Å². The number of carbonyl (C=O) groups excluding carboxylic acids is 2. The van der Waals surface area contributed by atoms with E-state index < -0.39 is 0 Å². The molecule has 1 saturated carbocycles. The lowest BCUT2D eigenvalue weighted by Gasteiger charge is -2.47. The highest BCUT2D eigenvalue weighted by molar-refractivity contribution is 5.96. The van der Waals surface area contributed by atoms with Gasteiger partial charge in [-0.2, -0.15) is 0 Å². The van der Waals surface area contributed by atoms with Crippen molar-refractivity contribution in [3.05, 3.63) is 35.4 Å². The maximum absolute atomic E-state index is 13.3. The number of hydrogen-bond donors (Lipinski definition) is 2. The van der Waals surface area contributed by atoms with Gasteiger partial charge in [-0.1, -0.05) is 20.8 Å². The highest BCUT2D eigenvalue weighted by Gasteiger charge is 2.42. The molecule has 0 bridgehead atoms. The van der Waals surface area contributed by atoms with E-state index in [4.69, 9.17) is 28.4 Å². The van der Waals surface area contributed by atoms with Crippen LogP contribution in [-0.4, -0.2) is 67.1 Å². The zero-order valence-electron chi connectivity index (χ0n) is 25.0. The first-order chi connectivity index (χ1) is 18.9. The molecule has 0 aromatic heterocycles. The summed E-state index contributed by atoms with van der Waals surface area (Å²) in [5.74, 6) is 2.01. The van der Waals surface area contributed by atoms with Crippen LogP contribution in [0.1, 0.15) is 60.7 Å². The number of methoxy groups -OCH3 is 6. The Hall–Kier alpha value is -3.82. The molecular formula is C30H42N2O8. The van der Waals surface area contributed by atoms with Crippen molar-refractivity contribution in [2.45, 2.75) is 46.1 Å². The monoisotopic (exact) mass is 558 g/mol. The van der Waals surface area contributed by atoms with E-state index in [1.165, 1.54) is 42.7 Å². The van der Waals surface area contributed by atoms with Crippen molar-refractivity contribution < 1.29 is 38.0 Å². The fraction of sp³-hybridized carbons (Fsp3) is 0.533. The summed E-state index contributed by atoms with van der Waals surface area (Å²) in [6.45, 7) is 6.94. The Kier molecular flexibility index (Phi) is 9.65. The molecule has 0 spiro atoms. The van der Waals surface area contributed by atoms with Crippen LogP contribution in [0.15, 0.2) is 24.3 Å². The van der Waals surface area contributed by atoms with Gasteiger partial charge in [0, 0.05) is 23.7 Å². The molecule has 0 radical (unpaired) electrons. The van der Waals surface area contributed by atoms with Gasteiger partial charge in [-0.05, 0) is 54.4 Å². The minimum atomic E-state index is -0.259. The zero-order chi connectivity index (χ0) is 29.7. The van der Waals surface area contributed by atoms with Crippen LogP contribution in [0, 0.1) is 10.8 Å². The van der Waals surface area contributed by atoms with Crippen LogP contribution in [0.3, 0.4) is 0 Å². The third-order valence-electron chi connectivity index (χ3n) is 7.31. The zero-order valence-corrected chi connectivity index (χ0v) is 25.0. The SMILES string of the molecule is COc1cc(C(=O)NCC2(C)CC(NC(=O)c3cc(OC)c(OC)c(OC)c3)CC(C)(C)C2)cc(OC)c1OC. The number of amides is 2. The molecule has 0 heterocycles. The highest BCUT2D eigenvalue weighted by Crippen LogP contribution is 2.46. The average molecular weight is 559 g/mol. The lowest BCUT2D eigenvalue weighted by atomic mass is 9.62. The predicted molar refractivity (Wildman–Crippen MR) is 152 cm³/mol. The van der Waals surface area contributed by atoms with Gasteiger partial charge in [0.2, 0.25) is 11.5 Å². The van der Waals surface area contributed by atoms with Crippen molar-refractivity contribution in [2.24, 2.45) is 10.8 Å². The normalized spacial score (nSPS) is 19.7. The summed E-state index contributed by atoms with van der Waals surface area (Å²) in [6.07, 6.45) is 2.38. The molecule has 2 aromatic carbocycles. The standard InChI is InChI=1S/C30H42N2O8/c1-29(2)14-20(32-28(34)19-12-23(37-6)26(40-9)24(13-19)38-7)15-30(3,16-29)17-31-27(33)18-10-21(35-4)25(39-8)22(11-18)36-5/h10-13,20H,14-17H2,1-9H3,(H,31,33)(H,32,34). The highest BCUT2D eigenvalue weighted by atomic mass is 16.5. The van der Waals surface area contributed by atoms with Crippen molar-refractivity contribution >= 4 is 11.8 Å². The lowest BCUT2D eigenvalue weighted by molar-refractivity contribution is 0.0591. The number of nitrogens with one attached hydrogen (secondary N) is 2. The Morgan fingerprint density at radius 3 is 1.52 bits per heavy atom. The minimum Gasteiger partial charge on any atom is -0.493 e. The van der Waals surface area contributed by atoms with Crippen LogP contribution in [0.5, 0.6) is 34.5 Å². The van der Waals surface area contributed by atoms with Gasteiger partial charge < -0.3 is 39.1 Å². The summed E-state index contributed by atoms with van der Waals surface area (Å²) in [5.41, 5.74) is 0.499. The summed E-state index contributed by atoms with van der Waals surface area (Å²) < 4.78 is 32.3. The molecule has 2 N–H and O–H groups in total. The van der Waals surface area contributed by atoms with Gasteiger partial charge in [-0.25, -0.2) is 0 Å². The number of benzene rings is 2. The van der Waals surface area contributed by atoms with Gasteiger partial charge in [0.1, 0.15) is 0 Å². The Morgan fingerprint density at radius 2 is 1.12 bits per heavy atom. The van der Waals surface area contributed by atoms with Crippen LogP contribution in [0.4, 0.5) is 0 Å². The van der Waals surface area contributed by atoms with Crippen LogP contribution < -0.4 is 39.1 Å². The number of ether oxygens (including phenoxy) is 6. The van der Waals surface area contributed by atoms with Crippen molar-refractivity contribution in [3.63, 3.8) is 0 Å². The second kappa shape index (κ2) is 12.6. The van der Waals surface area contributed by atoms with Crippen LogP contribution in [0.2, 0.25) is 0 Å². The molecule has 1 aliphatic carbocycles. The molecule has 10 heteroatoms. The summed E-state index contributed by atoms with van der Waals surface area (Å²) in [6, 6.07) is 6.44. The molecule has 2 aromatic rings. The molecule has 1 aliphatic rings. The lowest BCUT2D eigenvalue weighted by Crippen LogP contribution is -2.50.